The van der Waals surface area contributed by atoms with Gasteiger partial charge in [-0.25, -0.2) is 4.79 Å². The summed E-state index contributed by atoms with van der Waals surface area (Å²) in [5, 5.41) is 0.853. The largest absolute Gasteiger partial charge is 0.415 e. The van der Waals surface area contributed by atoms with Crippen molar-refractivity contribution in [2.45, 2.75) is 19.3 Å². The number of carbonyl (C=O) groups is 1. The zero-order chi connectivity index (χ0) is 17.8. The quantitative estimate of drug-likeness (QED) is 0.625. The van der Waals surface area contributed by atoms with Crippen LogP contribution in [0.4, 0.5) is 4.79 Å². The summed E-state index contributed by atoms with van der Waals surface area (Å²) in [7, 11) is 0. The normalized spacial score (nSPS) is 15.2. The molecule has 1 heterocycles. The molecule has 0 atom stereocenters. The summed E-state index contributed by atoms with van der Waals surface area (Å²) < 4.78 is 5.39. The number of benzene rings is 2. The predicted octanol–water partition coefficient (Wildman–Crippen LogP) is 6.10. The minimum Gasteiger partial charge on any atom is -0.407 e. The number of hydrogen-bond donors (Lipinski definition) is 0. The molecule has 1 amide bonds. The number of ether oxygens (including phenoxy) is 1. The monoisotopic (exact) mass is 397 g/mol. The third-order valence-corrected chi connectivity index (χ3v) is 5.17. The number of amides is 1. The van der Waals surface area contributed by atoms with E-state index in [0.717, 1.165) is 19.3 Å². The topological polar surface area (TPSA) is 29.5 Å². The van der Waals surface area contributed by atoms with Crippen LogP contribution >= 0.6 is 34.8 Å². The van der Waals surface area contributed by atoms with Gasteiger partial charge in [-0.1, -0.05) is 65.1 Å². The predicted molar refractivity (Wildman–Crippen MR) is 102 cm³/mol. The fraction of sp³-hybridized carbons (Fsp3) is 0.316. The maximum Gasteiger partial charge on any atom is 0.415 e. The van der Waals surface area contributed by atoms with E-state index in [1.807, 2.05) is 6.07 Å². The Labute approximate surface area is 162 Å². The van der Waals surface area contributed by atoms with E-state index < -0.39 is 6.09 Å². The van der Waals surface area contributed by atoms with Gasteiger partial charge in [-0.05, 0) is 42.9 Å². The zero-order valence-corrected chi connectivity index (χ0v) is 15.8. The summed E-state index contributed by atoms with van der Waals surface area (Å²) in [4.78, 5) is 14.1. The Morgan fingerprint density at radius 1 is 1.04 bits per heavy atom. The first-order valence-electron chi connectivity index (χ1n) is 8.18. The molecule has 0 saturated carbocycles. The van der Waals surface area contributed by atoms with Crippen LogP contribution in [0.15, 0.2) is 42.5 Å². The van der Waals surface area contributed by atoms with Gasteiger partial charge < -0.3 is 9.64 Å². The molecule has 0 unspecified atom stereocenters. The summed E-state index contributed by atoms with van der Waals surface area (Å²) in [6.07, 6.45) is 2.51. The van der Waals surface area contributed by atoms with Crippen LogP contribution in [0, 0.1) is 5.92 Å². The SMILES string of the molecule is O=C(Oc1c(Cl)cc(Cl)cc1Cl)N1CCC(Cc2ccccc2)CC1. The molecular weight excluding hydrogens is 381 g/mol. The Balaban J connectivity index is 1.55. The lowest BCUT2D eigenvalue weighted by Crippen LogP contribution is -2.40. The highest BCUT2D eigenvalue weighted by Gasteiger charge is 2.25. The number of carbonyl (C=O) groups excluding carboxylic acids is 1. The number of halogens is 3. The van der Waals surface area contributed by atoms with Crippen LogP contribution in [-0.2, 0) is 6.42 Å². The van der Waals surface area contributed by atoms with Gasteiger partial charge in [0.25, 0.3) is 0 Å². The summed E-state index contributed by atoms with van der Waals surface area (Å²) in [6, 6.07) is 13.4. The van der Waals surface area contributed by atoms with E-state index in [0.29, 0.717) is 24.0 Å². The molecule has 1 aliphatic rings. The minimum absolute atomic E-state index is 0.157. The van der Waals surface area contributed by atoms with Crippen molar-refractivity contribution >= 4 is 40.9 Å². The molecule has 1 aliphatic heterocycles. The van der Waals surface area contributed by atoms with Crippen LogP contribution in [0.1, 0.15) is 18.4 Å². The minimum atomic E-state index is -0.427. The molecule has 0 aromatic heterocycles. The molecule has 0 aliphatic carbocycles. The summed E-state index contributed by atoms with van der Waals surface area (Å²) in [5.41, 5.74) is 1.34. The highest BCUT2D eigenvalue weighted by Crippen LogP contribution is 2.36. The van der Waals surface area contributed by atoms with E-state index in [1.165, 1.54) is 17.7 Å². The van der Waals surface area contributed by atoms with Crippen molar-refractivity contribution in [3.63, 3.8) is 0 Å². The van der Waals surface area contributed by atoms with Crippen molar-refractivity contribution < 1.29 is 9.53 Å². The molecule has 6 heteroatoms. The smallest absolute Gasteiger partial charge is 0.407 e. The summed E-state index contributed by atoms with van der Waals surface area (Å²) in [6.45, 7) is 1.33. The molecule has 0 radical (unpaired) electrons. The van der Waals surface area contributed by atoms with Crippen LogP contribution in [0.25, 0.3) is 0 Å². The third kappa shape index (κ3) is 4.81. The third-order valence-electron chi connectivity index (χ3n) is 4.39. The van der Waals surface area contributed by atoms with Gasteiger partial charge >= 0.3 is 6.09 Å². The van der Waals surface area contributed by atoms with E-state index in [4.69, 9.17) is 39.5 Å². The molecule has 0 bridgehead atoms. The second-order valence-electron chi connectivity index (χ2n) is 6.19. The lowest BCUT2D eigenvalue weighted by molar-refractivity contribution is 0.131. The van der Waals surface area contributed by atoms with Crippen LogP contribution in [0.5, 0.6) is 5.75 Å². The molecule has 0 spiro atoms. The van der Waals surface area contributed by atoms with Gasteiger partial charge in [0.1, 0.15) is 0 Å². The highest BCUT2D eigenvalue weighted by molar-refractivity contribution is 6.40. The van der Waals surface area contributed by atoms with Gasteiger partial charge in [0.05, 0.1) is 10.0 Å². The van der Waals surface area contributed by atoms with E-state index in [9.17, 15) is 4.79 Å². The highest BCUT2D eigenvalue weighted by atomic mass is 35.5. The molecular formula is C19H18Cl3NO2. The van der Waals surface area contributed by atoms with Gasteiger partial charge in [0.15, 0.2) is 5.75 Å². The Bertz CT molecular complexity index is 721. The average molecular weight is 399 g/mol. The van der Waals surface area contributed by atoms with Gasteiger partial charge in [-0.15, -0.1) is 0 Å². The summed E-state index contributed by atoms with van der Waals surface area (Å²) >= 11 is 18.0. The number of rotatable bonds is 3. The molecule has 1 saturated heterocycles. The first-order valence-corrected chi connectivity index (χ1v) is 9.31. The van der Waals surface area contributed by atoms with E-state index >= 15 is 0 Å². The lowest BCUT2D eigenvalue weighted by atomic mass is 9.90. The Hall–Kier alpha value is -1.42. The average Bonchev–Trinajstić information content (AvgIpc) is 2.59. The Kier molecular flexibility index (Phi) is 6.10. The molecule has 25 heavy (non-hydrogen) atoms. The van der Waals surface area contributed by atoms with Crippen LogP contribution in [0.3, 0.4) is 0 Å². The van der Waals surface area contributed by atoms with Gasteiger partial charge in [0, 0.05) is 18.1 Å². The van der Waals surface area contributed by atoms with Crippen LogP contribution < -0.4 is 4.74 Å². The lowest BCUT2D eigenvalue weighted by Gasteiger charge is -2.31. The van der Waals surface area contributed by atoms with E-state index in [-0.39, 0.29) is 15.8 Å². The van der Waals surface area contributed by atoms with Gasteiger partial charge in [-0.2, -0.15) is 0 Å². The number of likely N-dealkylation sites (tertiary alicyclic amines) is 1. The van der Waals surface area contributed by atoms with Crippen molar-refractivity contribution in [3.8, 4) is 5.75 Å². The molecule has 3 nitrogen and oxygen atoms in total. The molecule has 3 rings (SSSR count). The first kappa shape index (κ1) is 18.4. The fourth-order valence-corrected chi connectivity index (χ4v) is 3.94. The molecule has 2 aromatic rings. The molecule has 1 fully saturated rings. The van der Waals surface area contributed by atoms with E-state index in [1.54, 1.807) is 4.90 Å². The van der Waals surface area contributed by atoms with Crippen molar-refractivity contribution in [2.75, 3.05) is 13.1 Å². The van der Waals surface area contributed by atoms with E-state index in [2.05, 4.69) is 24.3 Å². The maximum absolute atomic E-state index is 12.4. The number of nitrogens with zero attached hydrogens (tertiary/aromatic N) is 1. The van der Waals surface area contributed by atoms with Crippen LogP contribution in [-0.4, -0.2) is 24.1 Å². The molecule has 2 aromatic carbocycles. The molecule has 0 N–H and O–H groups in total. The zero-order valence-electron chi connectivity index (χ0n) is 13.6. The van der Waals surface area contributed by atoms with Crippen LogP contribution in [0.2, 0.25) is 15.1 Å². The maximum atomic E-state index is 12.4. The first-order chi connectivity index (χ1) is 12.0. The molecule has 132 valence electrons. The Morgan fingerprint density at radius 2 is 1.64 bits per heavy atom. The summed E-state index contributed by atoms with van der Waals surface area (Å²) in [5.74, 6) is 0.735. The fourth-order valence-electron chi connectivity index (χ4n) is 3.05. The second kappa shape index (κ2) is 8.31. The van der Waals surface area contributed by atoms with Gasteiger partial charge in [0.2, 0.25) is 0 Å². The van der Waals surface area contributed by atoms with Crippen molar-refractivity contribution in [1.29, 1.82) is 0 Å². The second-order valence-corrected chi connectivity index (χ2v) is 7.44. The van der Waals surface area contributed by atoms with Crippen molar-refractivity contribution in [2.24, 2.45) is 5.92 Å². The van der Waals surface area contributed by atoms with Crippen molar-refractivity contribution in [1.82, 2.24) is 4.90 Å². The standard InChI is InChI=1S/C19H18Cl3NO2/c20-15-11-16(21)18(17(22)12-15)25-19(24)23-8-6-14(7-9-23)10-13-4-2-1-3-5-13/h1-5,11-12,14H,6-10H2. The Morgan fingerprint density at radius 3 is 2.24 bits per heavy atom. The number of piperidine rings is 1. The van der Waals surface area contributed by atoms with Crippen molar-refractivity contribution in [3.05, 3.63) is 63.1 Å². The van der Waals surface area contributed by atoms with Gasteiger partial charge in [-0.3, -0.25) is 0 Å². The number of hydrogen-bond acceptors (Lipinski definition) is 2.